The van der Waals surface area contributed by atoms with Crippen LogP contribution >= 0.6 is 0 Å². The van der Waals surface area contributed by atoms with Crippen LogP contribution in [0.25, 0.3) is 0 Å². The molecule has 0 unspecified atom stereocenters. The van der Waals surface area contributed by atoms with Crippen molar-refractivity contribution in [2.24, 2.45) is 0 Å². The molecule has 0 aliphatic carbocycles. The number of hydrogen-bond donors (Lipinski definition) is 1. The van der Waals surface area contributed by atoms with Crippen LogP contribution < -0.4 is 0 Å². The number of H-pyrrole nitrogens is 1. The number of carbonyl (C=O) groups excluding carboxylic acids is 1. The van der Waals surface area contributed by atoms with Crippen LogP contribution in [0.4, 0.5) is 0 Å². The molecular formula is C10H9N3O. The van der Waals surface area contributed by atoms with E-state index in [1.165, 1.54) is 0 Å². The van der Waals surface area contributed by atoms with E-state index < -0.39 is 0 Å². The molecule has 2 heterocycles. The zero-order valence-electron chi connectivity index (χ0n) is 7.47. The van der Waals surface area contributed by atoms with E-state index in [-0.39, 0.29) is 0 Å². The van der Waals surface area contributed by atoms with Crippen LogP contribution in [0.5, 0.6) is 0 Å². The van der Waals surface area contributed by atoms with Crippen LogP contribution in [0.15, 0.2) is 30.7 Å². The predicted molar refractivity (Wildman–Crippen MR) is 51.0 cm³/mol. The molecule has 0 saturated carbocycles. The van der Waals surface area contributed by atoms with Gasteiger partial charge in [-0.15, -0.1) is 0 Å². The van der Waals surface area contributed by atoms with Crippen LogP contribution in [0.1, 0.15) is 21.9 Å². The number of rotatable bonds is 3. The summed E-state index contributed by atoms with van der Waals surface area (Å²) in [5, 5.41) is 0. The van der Waals surface area contributed by atoms with Gasteiger partial charge in [0.15, 0.2) is 12.1 Å². The second-order valence-corrected chi connectivity index (χ2v) is 2.95. The highest BCUT2D eigenvalue weighted by atomic mass is 16.1. The summed E-state index contributed by atoms with van der Waals surface area (Å²) in [5.74, 6) is 0.365. The van der Waals surface area contributed by atoms with Gasteiger partial charge < -0.3 is 4.98 Å². The van der Waals surface area contributed by atoms with Gasteiger partial charge in [0.05, 0.1) is 0 Å². The summed E-state index contributed by atoms with van der Waals surface area (Å²) in [5.41, 5.74) is 2.01. The van der Waals surface area contributed by atoms with Crippen LogP contribution in [-0.4, -0.2) is 21.2 Å². The van der Waals surface area contributed by atoms with Crippen molar-refractivity contribution in [2.75, 3.05) is 0 Å². The molecule has 0 fully saturated rings. The van der Waals surface area contributed by atoms with E-state index in [2.05, 4.69) is 15.0 Å². The second-order valence-electron chi connectivity index (χ2n) is 2.95. The number of pyridine rings is 1. The van der Waals surface area contributed by atoms with Crippen molar-refractivity contribution in [3.8, 4) is 0 Å². The minimum Gasteiger partial charge on any atom is -0.339 e. The maximum absolute atomic E-state index is 10.4. The third kappa shape index (κ3) is 1.85. The zero-order chi connectivity index (χ0) is 9.80. The van der Waals surface area contributed by atoms with Crippen LogP contribution in [0, 0.1) is 0 Å². The predicted octanol–water partition coefficient (Wildman–Crippen LogP) is 1.21. The van der Waals surface area contributed by atoms with Crippen molar-refractivity contribution in [3.05, 3.63) is 47.8 Å². The standard InChI is InChI=1S/C10H9N3O/c14-7-10-12-6-9(13-10)4-8-2-1-3-11-5-8/h1-3,5-7H,4H2,(H,12,13). The van der Waals surface area contributed by atoms with Gasteiger partial charge in [-0.05, 0) is 11.6 Å². The summed E-state index contributed by atoms with van der Waals surface area (Å²) in [6.07, 6.45) is 6.60. The molecule has 4 heteroatoms. The molecular weight excluding hydrogens is 178 g/mol. The summed E-state index contributed by atoms with van der Waals surface area (Å²) >= 11 is 0. The van der Waals surface area contributed by atoms with E-state index >= 15 is 0 Å². The lowest BCUT2D eigenvalue weighted by Crippen LogP contribution is -1.89. The van der Waals surface area contributed by atoms with Gasteiger partial charge in [0.25, 0.3) is 0 Å². The minimum absolute atomic E-state index is 0.365. The van der Waals surface area contributed by atoms with Gasteiger partial charge in [0.2, 0.25) is 0 Å². The van der Waals surface area contributed by atoms with E-state index in [0.717, 1.165) is 11.3 Å². The van der Waals surface area contributed by atoms with Crippen LogP contribution in [0.2, 0.25) is 0 Å². The summed E-state index contributed by atoms with van der Waals surface area (Å²) in [7, 11) is 0. The Labute approximate surface area is 81.0 Å². The smallest absolute Gasteiger partial charge is 0.185 e. The van der Waals surface area contributed by atoms with E-state index in [4.69, 9.17) is 0 Å². The molecule has 0 spiro atoms. The average Bonchev–Trinajstić information content (AvgIpc) is 2.67. The minimum atomic E-state index is 0.365. The number of nitrogens with zero attached hydrogens (tertiary/aromatic N) is 2. The van der Waals surface area contributed by atoms with Gasteiger partial charge in [0, 0.05) is 30.7 Å². The van der Waals surface area contributed by atoms with E-state index in [1.807, 2.05) is 12.1 Å². The summed E-state index contributed by atoms with van der Waals surface area (Å²) < 4.78 is 0. The molecule has 0 amide bonds. The molecule has 0 aromatic carbocycles. The Morgan fingerprint density at radius 1 is 1.43 bits per heavy atom. The highest BCUT2D eigenvalue weighted by molar-refractivity contribution is 5.68. The Morgan fingerprint density at radius 3 is 3.00 bits per heavy atom. The first-order valence-electron chi connectivity index (χ1n) is 4.26. The van der Waals surface area contributed by atoms with E-state index in [1.54, 1.807) is 18.6 Å². The number of aromatic nitrogens is 3. The number of nitrogens with one attached hydrogen (secondary N) is 1. The molecule has 4 nitrogen and oxygen atoms in total. The highest BCUT2D eigenvalue weighted by Gasteiger charge is 2.00. The zero-order valence-corrected chi connectivity index (χ0v) is 7.47. The second kappa shape index (κ2) is 3.83. The molecule has 14 heavy (non-hydrogen) atoms. The van der Waals surface area contributed by atoms with E-state index in [9.17, 15) is 4.79 Å². The summed E-state index contributed by atoms with van der Waals surface area (Å²) in [6, 6.07) is 3.86. The molecule has 1 N–H and O–H groups in total. The van der Waals surface area contributed by atoms with Crippen molar-refractivity contribution in [1.82, 2.24) is 15.0 Å². The fraction of sp³-hybridized carbons (Fsp3) is 0.100. The molecule has 70 valence electrons. The molecule has 0 atom stereocenters. The summed E-state index contributed by atoms with van der Waals surface area (Å²) in [6.45, 7) is 0. The third-order valence-corrected chi connectivity index (χ3v) is 1.88. The molecule has 0 saturated heterocycles. The third-order valence-electron chi connectivity index (χ3n) is 1.88. The Balaban J connectivity index is 2.15. The van der Waals surface area contributed by atoms with E-state index in [0.29, 0.717) is 18.5 Å². The molecule has 0 aliphatic heterocycles. The Bertz CT molecular complexity index is 422. The van der Waals surface area contributed by atoms with Crippen molar-refractivity contribution < 1.29 is 4.79 Å². The van der Waals surface area contributed by atoms with Gasteiger partial charge in [-0.1, -0.05) is 6.07 Å². The maximum Gasteiger partial charge on any atom is 0.185 e. The van der Waals surface area contributed by atoms with Gasteiger partial charge in [-0.2, -0.15) is 0 Å². The fourth-order valence-electron chi connectivity index (χ4n) is 1.25. The van der Waals surface area contributed by atoms with Gasteiger partial charge in [-0.25, -0.2) is 4.98 Å². The lowest BCUT2D eigenvalue weighted by molar-refractivity contribution is 0.111. The van der Waals surface area contributed by atoms with Crippen LogP contribution in [0.3, 0.4) is 0 Å². The van der Waals surface area contributed by atoms with Gasteiger partial charge >= 0.3 is 0 Å². The lowest BCUT2D eigenvalue weighted by atomic mass is 10.2. The largest absolute Gasteiger partial charge is 0.339 e. The first kappa shape index (κ1) is 8.62. The lowest BCUT2D eigenvalue weighted by Gasteiger charge is -1.95. The monoisotopic (exact) mass is 187 g/mol. The van der Waals surface area contributed by atoms with Crippen molar-refractivity contribution in [1.29, 1.82) is 0 Å². The SMILES string of the molecule is O=Cc1ncc(Cc2cccnc2)[nH]1. The van der Waals surface area contributed by atoms with Crippen LogP contribution in [-0.2, 0) is 6.42 Å². The van der Waals surface area contributed by atoms with Crippen molar-refractivity contribution in [3.63, 3.8) is 0 Å². The fourth-order valence-corrected chi connectivity index (χ4v) is 1.25. The number of aromatic amines is 1. The first-order chi connectivity index (χ1) is 6.88. The Hall–Kier alpha value is -1.97. The average molecular weight is 187 g/mol. The quantitative estimate of drug-likeness (QED) is 0.734. The normalized spacial score (nSPS) is 10.0. The molecule has 2 aromatic rings. The molecule has 0 radical (unpaired) electrons. The maximum atomic E-state index is 10.4. The molecule has 0 bridgehead atoms. The van der Waals surface area contributed by atoms with Crippen molar-refractivity contribution >= 4 is 6.29 Å². The Morgan fingerprint density at radius 2 is 2.36 bits per heavy atom. The molecule has 0 aliphatic rings. The van der Waals surface area contributed by atoms with Gasteiger partial charge in [-0.3, -0.25) is 9.78 Å². The number of imidazole rings is 1. The molecule has 2 aromatic heterocycles. The van der Waals surface area contributed by atoms with Gasteiger partial charge in [0.1, 0.15) is 0 Å². The number of carbonyl (C=O) groups is 1. The number of aldehydes is 1. The topological polar surface area (TPSA) is 58.6 Å². The van der Waals surface area contributed by atoms with Crippen molar-refractivity contribution in [2.45, 2.75) is 6.42 Å². The molecule has 2 rings (SSSR count). The first-order valence-corrected chi connectivity index (χ1v) is 4.26. The number of hydrogen-bond acceptors (Lipinski definition) is 3. The Kier molecular flexibility index (Phi) is 2.36. The summed E-state index contributed by atoms with van der Waals surface area (Å²) in [4.78, 5) is 21.2. The highest BCUT2D eigenvalue weighted by Crippen LogP contribution is 2.04.